The maximum Gasteiger partial charge on any atom is 0.240 e. The van der Waals surface area contributed by atoms with Gasteiger partial charge in [-0.05, 0) is 43.6 Å². The fraction of sp³-hybridized carbons (Fsp3) is 0.417. The van der Waals surface area contributed by atoms with Crippen LogP contribution < -0.4 is 0 Å². The van der Waals surface area contributed by atoms with Crippen LogP contribution in [-0.2, 0) is 11.3 Å². The summed E-state index contributed by atoms with van der Waals surface area (Å²) < 4.78 is 0. The quantitative estimate of drug-likeness (QED) is 0.556. The molecule has 0 aromatic heterocycles. The van der Waals surface area contributed by atoms with Crippen molar-refractivity contribution in [3.63, 3.8) is 0 Å². The van der Waals surface area contributed by atoms with E-state index >= 15 is 0 Å². The highest BCUT2D eigenvalue weighted by atomic mass is 16.1. The number of likely N-dealkylation sites (tertiary alicyclic amines) is 1. The Kier molecular flexibility index (Phi) is 3.28. The summed E-state index contributed by atoms with van der Waals surface area (Å²) in [4.78, 5) is 16.2. The van der Waals surface area contributed by atoms with Crippen LogP contribution in [0, 0.1) is 0 Å². The zero-order chi connectivity index (χ0) is 10.5. The molecule has 1 aromatic rings. The van der Waals surface area contributed by atoms with E-state index in [2.05, 4.69) is 16.0 Å². The van der Waals surface area contributed by atoms with Crippen molar-refractivity contribution in [2.45, 2.75) is 19.4 Å². The first-order valence-corrected chi connectivity index (χ1v) is 5.27. The molecule has 78 valence electrons. The van der Waals surface area contributed by atoms with Gasteiger partial charge in [-0.1, -0.05) is 12.1 Å². The number of nitrogens with zero attached hydrogens (tertiary/aromatic N) is 2. The van der Waals surface area contributed by atoms with Gasteiger partial charge >= 0.3 is 0 Å². The molecule has 0 N–H and O–H groups in total. The first-order chi connectivity index (χ1) is 7.38. The van der Waals surface area contributed by atoms with Crippen molar-refractivity contribution in [3.8, 4) is 0 Å². The van der Waals surface area contributed by atoms with Crippen LogP contribution in [0.15, 0.2) is 29.3 Å². The van der Waals surface area contributed by atoms with Crippen LogP contribution >= 0.6 is 0 Å². The summed E-state index contributed by atoms with van der Waals surface area (Å²) in [6.07, 6.45) is 4.16. The van der Waals surface area contributed by atoms with Gasteiger partial charge in [-0.2, -0.15) is 4.99 Å². The van der Waals surface area contributed by atoms with Gasteiger partial charge in [0.2, 0.25) is 6.08 Å². The Balaban J connectivity index is 2.06. The van der Waals surface area contributed by atoms with Crippen molar-refractivity contribution in [2.75, 3.05) is 13.1 Å². The third-order valence-electron chi connectivity index (χ3n) is 2.69. The Hall–Kier alpha value is -1.44. The normalized spacial score (nSPS) is 16.3. The van der Waals surface area contributed by atoms with E-state index in [1.165, 1.54) is 31.5 Å². The van der Waals surface area contributed by atoms with Crippen LogP contribution in [0.25, 0.3) is 0 Å². The van der Waals surface area contributed by atoms with Gasteiger partial charge in [0, 0.05) is 6.54 Å². The Labute approximate surface area is 89.4 Å². The zero-order valence-electron chi connectivity index (χ0n) is 8.65. The topological polar surface area (TPSA) is 32.7 Å². The minimum atomic E-state index is 0.696. The maximum atomic E-state index is 10.1. The molecule has 0 bridgehead atoms. The van der Waals surface area contributed by atoms with E-state index in [0.717, 1.165) is 6.54 Å². The lowest BCUT2D eigenvalue weighted by molar-refractivity contribution is 0.331. The SMILES string of the molecule is O=C=Nc1cccc(CN2CCCC2)c1. The molecule has 15 heavy (non-hydrogen) atoms. The average Bonchev–Trinajstić information content (AvgIpc) is 2.71. The Morgan fingerprint density at radius 2 is 2.13 bits per heavy atom. The number of rotatable bonds is 3. The Bertz CT molecular complexity index is 377. The van der Waals surface area contributed by atoms with Crippen LogP contribution in [0.5, 0.6) is 0 Å². The summed E-state index contributed by atoms with van der Waals surface area (Å²) >= 11 is 0. The highest BCUT2D eigenvalue weighted by molar-refractivity contribution is 5.49. The molecule has 3 nitrogen and oxygen atoms in total. The molecule has 3 heteroatoms. The third-order valence-corrected chi connectivity index (χ3v) is 2.69. The second-order valence-corrected chi connectivity index (χ2v) is 3.86. The van der Waals surface area contributed by atoms with Crippen molar-refractivity contribution in [3.05, 3.63) is 29.8 Å². The fourth-order valence-corrected chi connectivity index (χ4v) is 1.98. The summed E-state index contributed by atoms with van der Waals surface area (Å²) in [6.45, 7) is 3.32. The van der Waals surface area contributed by atoms with E-state index in [1.807, 2.05) is 18.2 Å². The zero-order valence-corrected chi connectivity index (χ0v) is 8.65. The smallest absolute Gasteiger partial charge is 0.240 e. The monoisotopic (exact) mass is 202 g/mol. The number of isocyanates is 1. The Morgan fingerprint density at radius 3 is 2.87 bits per heavy atom. The van der Waals surface area contributed by atoms with E-state index in [1.54, 1.807) is 6.08 Å². The highest BCUT2D eigenvalue weighted by Gasteiger charge is 2.11. The molecule has 0 atom stereocenters. The summed E-state index contributed by atoms with van der Waals surface area (Å²) in [5.41, 5.74) is 1.91. The fourth-order valence-electron chi connectivity index (χ4n) is 1.98. The van der Waals surface area contributed by atoms with E-state index in [4.69, 9.17) is 0 Å². The van der Waals surface area contributed by atoms with Gasteiger partial charge in [-0.25, -0.2) is 4.79 Å². The molecule has 1 aliphatic rings. The van der Waals surface area contributed by atoms with Gasteiger partial charge in [0.1, 0.15) is 0 Å². The first kappa shape index (κ1) is 10.1. The summed E-state index contributed by atoms with van der Waals surface area (Å²) in [5, 5.41) is 0. The first-order valence-electron chi connectivity index (χ1n) is 5.27. The predicted molar refractivity (Wildman–Crippen MR) is 58.7 cm³/mol. The number of carbonyl (C=O) groups excluding carboxylic acids is 1. The molecule has 0 amide bonds. The van der Waals surface area contributed by atoms with Crippen molar-refractivity contribution >= 4 is 11.8 Å². The lowest BCUT2D eigenvalue weighted by Crippen LogP contribution is -2.18. The number of aliphatic imine (C=N–C) groups is 1. The third kappa shape index (κ3) is 2.75. The lowest BCUT2D eigenvalue weighted by atomic mass is 10.2. The standard InChI is InChI=1S/C12H14N2O/c15-10-13-12-5-3-4-11(8-12)9-14-6-1-2-7-14/h3-5,8H,1-2,6-7,9H2. The lowest BCUT2D eigenvalue weighted by Gasteiger charge is -2.14. The minimum absolute atomic E-state index is 0.696. The summed E-state index contributed by atoms with van der Waals surface area (Å²) in [6, 6.07) is 7.77. The number of hydrogen-bond acceptors (Lipinski definition) is 3. The molecule has 0 saturated carbocycles. The minimum Gasteiger partial charge on any atom is -0.299 e. The molecule has 0 aliphatic carbocycles. The van der Waals surface area contributed by atoms with Crippen LogP contribution in [0.4, 0.5) is 5.69 Å². The molecule has 0 radical (unpaired) electrons. The maximum absolute atomic E-state index is 10.1. The largest absolute Gasteiger partial charge is 0.299 e. The molecule has 0 unspecified atom stereocenters. The van der Waals surface area contributed by atoms with Crippen molar-refractivity contribution in [1.82, 2.24) is 4.90 Å². The van der Waals surface area contributed by atoms with Gasteiger partial charge in [-0.15, -0.1) is 0 Å². The number of hydrogen-bond donors (Lipinski definition) is 0. The summed E-state index contributed by atoms with van der Waals surface area (Å²) in [5.74, 6) is 0. The molecule has 2 rings (SSSR count). The molecular formula is C12H14N2O. The van der Waals surface area contributed by atoms with Crippen LogP contribution in [0.3, 0.4) is 0 Å². The molecular weight excluding hydrogens is 188 g/mol. The molecule has 1 heterocycles. The molecule has 1 aliphatic heterocycles. The average molecular weight is 202 g/mol. The highest BCUT2D eigenvalue weighted by Crippen LogP contribution is 2.17. The molecule has 1 fully saturated rings. The Morgan fingerprint density at radius 1 is 1.33 bits per heavy atom. The van der Waals surface area contributed by atoms with Crippen molar-refractivity contribution in [1.29, 1.82) is 0 Å². The van der Waals surface area contributed by atoms with E-state index in [9.17, 15) is 4.79 Å². The van der Waals surface area contributed by atoms with E-state index in [-0.39, 0.29) is 0 Å². The molecule has 0 spiro atoms. The number of benzene rings is 1. The van der Waals surface area contributed by atoms with Crippen LogP contribution in [0.2, 0.25) is 0 Å². The van der Waals surface area contributed by atoms with Crippen LogP contribution in [0.1, 0.15) is 18.4 Å². The van der Waals surface area contributed by atoms with Crippen molar-refractivity contribution < 1.29 is 4.79 Å². The van der Waals surface area contributed by atoms with Gasteiger partial charge in [-0.3, -0.25) is 4.90 Å². The van der Waals surface area contributed by atoms with Gasteiger partial charge < -0.3 is 0 Å². The van der Waals surface area contributed by atoms with Gasteiger partial charge in [0.25, 0.3) is 0 Å². The molecule has 1 saturated heterocycles. The van der Waals surface area contributed by atoms with Crippen molar-refractivity contribution in [2.24, 2.45) is 4.99 Å². The predicted octanol–water partition coefficient (Wildman–Crippen LogP) is 2.25. The van der Waals surface area contributed by atoms with Crippen LogP contribution in [-0.4, -0.2) is 24.1 Å². The van der Waals surface area contributed by atoms with E-state index in [0.29, 0.717) is 5.69 Å². The van der Waals surface area contributed by atoms with E-state index < -0.39 is 0 Å². The summed E-state index contributed by atoms with van der Waals surface area (Å²) in [7, 11) is 0. The second kappa shape index (κ2) is 4.87. The molecule has 1 aromatic carbocycles. The second-order valence-electron chi connectivity index (χ2n) is 3.86. The van der Waals surface area contributed by atoms with Gasteiger partial charge in [0.15, 0.2) is 0 Å². The van der Waals surface area contributed by atoms with Gasteiger partial charge in [0.05, 0.1) is 5.69 Å².